The summed E-state index contributed by atoms with van der Waals surface area (Å²) in [5, 5.41) is 8.31. The average molecular weight is 323 g/mol. The molecule has 5 N–H and O–H groups in total. The first-order valence-corrected chi connectivity index (χ1v) is 6.96. The summed E-state index contributed by atoms with van der Waals surface area (Å²) in [5.41, 5.74) is 9.44. The van der Waals surface area contributed by atoms with Crippen molar-refractivity contribution in [2.75, 3.05) is 6.61 Å². The van der Waals surface area contributed by atoms with E-state index in [9.17, 15) is 0 Å². The fraction of sp³-hybridized carbons (Fsp3) is 0.800. The molecule has 17 heavy (non-hydrogen) atoms. The van der Waals surface area contributed by atoms with E-state index in [4.69, 9.17) is 15.6 Å². The number of unbranched alkanes of at least 4 members (excludes halogenated alkanes) is 2. The number of hydrogen-bond acceptors (Lipinski definition) is 3. The van der Waals surface area contributed by atoms with Crippen LogP contribution >= 0.6 is 24.4 Å². The van der Waals surface area contributed by atoms with Crippen molar-refractivity contribution in [3.63, 3.8) is 0 Å². The van der Waals surface area contributed by atoms with Gasteiger partial charge < -0.3 is 21.3 Å². The topological polar surface area (TPSA) is 81.5 Å². The Morgan fingerprint density at radius 3 is 1.76 bits per heavy atom. The Labute approximate surface area is 123 Å². The van der Waals surface area contributed by atoms with Crippen LogP contribution in [0.25, 0.3) is 0 Å². The summed E-state index contributed by atoms with van der Waals surface area (Å²) >= 11 is 12.0. The molecule has 0 fully saturated rings. The molecule has 0 rings (SSSR count). The predicted octanol–water partition coefficient (Wildman–Crippen LogP) is 2.59. The van der Waals surface area contributed by atoms with Crippen LogP contribution in [0.2, 0.25) is 5.32 Å². The Hall–Kier alpha value is -0.101. The molecule has 0 amide bonds. The van der Waals surface area contributed by atoms with Crippen LogP contribution in [0.3, 0.4) is 0 Å². The first kappa shape index (κ1) is 22.1. The summed E-state index contributed by atoms with van der Waals surface area (Å²) in [4.78, 5) is 0. The summed E-state index contributed by atoms with van der Waals surface area (Å²) in [5.74, 6) is 0. The van der Waals surface area contributed by atoms with Crippen LogP contribution in [0.15, 0.2) is 0 Å². The first-order chi connectivity index (χ1) is 7.92. The molecule has 0 aliphatic heterocycles. The second-order valence-corrected chi connectivity index (χ2v) is 4.26. The average Bonchev–Trinajstić information content (AvgIpc) is 2.19. The molecule has 0 radical (unpaired) electrons. The van der Waals surface area contributed by atoms with Gasteiger partial charge in [-0.15, -0.1) is 0 Å². The molecule has 0 aromatic heterocycles. The van der Waals surface area contributed by atoms with Crippen LogP contribution in [0, 0.1) is 0 Å². The molecule has 0 aromatic carbocycles. The zero-order valence-electron chi connectivity index (χ0n) is 10.4. The Morgan fingerprint density at radius 2 is 1.59 bits per heavy atom. The Balaban J connectivity index is -0.000000188. The van der Waals surface area contributed by atoms with Gasteiger partial charge in [-0.05, 0) is 30.9 Å². The van der Waals surface area contributed by atoms with Gasteiger partial charge in [0, 0.05) is 0 Å². The van der Waals surface area contributed by atoms with Gasteiger partial charge in [0.2, 0.25) is 0 Å². The fourth-order valence-electron chi connectivity index (χ4n) is 0.442. The van der Waals surface area contributed by atoms with E-state index in [0.29, 0.717) is 6.61 Å². The van der Waals surface area contributed by atoms with Crippen molar-refractivity contribution < 1.29 is 25.9 Å². The standard InChI is InChI=1S/C5H11NOS.C4H9.CH3NOS.Fe/c1-2-3-4-7-5(6)8;1-3-4-2;2-1(3)4;/h2-4H2,1H3,(H2,6,8);1,3-4H2,2H3;(H3,2,3,4);. The molecule has 7 heteroatoms. The summed E-state index contributed by atoms with van der Waals surface area (Å²) in [7, 11) is 0. The van der Waals surface area contributed by atoms with E-state index in [2.05, 4.69) is 60.0 Å². The molecule has 0 unspecified atom stereocenters. The number of nitrogens with two attached hydrogens (primary N) is 2. The second-order valence-electron chi connectivity index (χ2n) is 2.89. The molecular weight excluding hydrogens is 300 g/mol. The smallest absolute Gasteiger partial charge is 0.251 e. The van der Waals surface area contributed by atoms with E-state index in [1.807, 2.05) is 0 Å². The van der Waals surface area contributed by atoms with Crippen molar-refractivity contribution in [3.8, 4) is 0 Å². The van der Waals surface area contributed by atoms with Crippen molar-refractivity contribution in [1.82, 2.24) is 0 Å². The summed E-state index contributed by atoms with van der Waals surface area (Å²) in [6.07, 6.45) is 4.70. The Morgan fingerprint density at radius 1 is 1.18 bits per heavy atom. The molecule has 0 aliphatic rings. The zero-order chi connectivity index (χ0) is 14.1. The van der Waals surface area contributed by atoms with Crippen molar-refractivity contribution >= 4 is 34.8 Å². The summed E-state index contributed by atoms with van der Waals surface area (Å²) < 4.78 is 4.79. The number of aliphatic hydroxyl groups is 1. The molecule has 0 heterocycles. The van der Waals surface area contributed by atoms with Crippen LogP contribution in [0.5, 0.6) is 0 Å². The Bertz CT molecular complexity index is 178. The van der Waals surface area contributed by atoms with E-state index in [0.717, 1.165) is 18.2 Å². The molecular formula is C10H23FeN2O2S2. The zero-order valence-corrected chi connectivity index (χ0v) is 13.2. The van der Waals surface area contributed by atoms with Crippen LogP contribution in [0.1, 0.15) is 39.5 Å². The molecule has 0 saturated carbocycles. The quantitative estimate of drug-likeness (QED) is 0.410. The number of hydrogen-bond donors (Lipinski definition) is 3. The van der Waals surface area contributed by atoms with Gasteiger partial charge in [0.1, 0.15) is 0 Å². The third-order valence-corrected chi connectivity index (χ3v) is 1.73. The van der Waals surface area contributed by atoms with Gasteiger partial charge in [0.05, 0.1) is 6.61 Å². The normalized spacial score (nSPS) is 7.94. The summed E-state index contributed by atoms with van der Waals surface area (Å²) in [6.45, 7) is 4.92. The van der Waals surface area contributed by atoms with Crippen LogP contribution in [-0.2, 0) is 20.7 Å². The van der Waals surface area contributed by atoms with Crippen molar-refractivity contribution in [2.45, 2.75) is 44.9 Å². The predicted molar refractivity (Wildman–Crippen MR) is 76.8 cm³/mol. The fourth-order valence-corrected chi connectivity index (χ4v) is 0.916. The van der Waals surface area contributed by atoms with Gasteiger partial charge in [-0.1, -0.05) is 13.3 Å². The van der Waals surface area contributed by atoms with E-state index in [1.54, 1.807) is 0 Å². The molecule has 0 atom stereocenters. The van der Waals surface area contributed by atoms with Gasteiger partial charge in [-0.25, -0.2) is 0 Å². The van der Waals surface area contributed by atoms with Crippen molar-refractivity contribution in [1.29, 1.82) is 0 Å². The maximum absolute atomic E-state index is 7.56. The van der Waals surface area contributed by atoms with Gasteiger partial charge in [0.15, 0.2) is 0 Å². The minimum absolute atomic E-state index is 0.151. The van der Waals surface area contributed by atoms with Crippen molar-refractivity contribution in [2.24, 2.45) is 11.5 Å². The van der Waals surface area contributed by atoms with Gasteiger partial charge in [-0.3, -0.25) is 0 Å². The number of aliphatic hydroxyl groups excluding tert-OH is 1. The van der Waals surface area contributed by atoms with Crippen molar-refractivity contribution in [3.05, 3.63) is 0 Å². The van der Waals surface area contributed by atoms with E-state index >= 15 is 0 Å². The number of ether oxygens (including phenoxy) is 1. The van der Waals surface area contributed by atoms with E-state index in [-0.39, 0.29) is 5.17 Å². The molecule has 0 saturated heterocycles. The van der Waals surface area contributed by atoms with Gasteiger partial charge in [-0.2, -0.15) is 0 Å². The largest absolute Gasteiger partial charge is 0.487 e. The number of thiocarbonyl (C=S) groups is 2. The van der Waals surface area contributed by atoms with Gasteiger partial charge >= 0.3 is 41.1 Å². The molecule has 4 nitrogen and oxygen atoms in total. The van der Waals surface area contributed by atoms with Gasteiger partial charge in [0.25, 0.3) is 10.3 Å². The minimum atomic E-state index is -0.500. The SMILES string of the molecule is CCCCOC(N)=S.CCC[CH2][Fe].NC(O)=S. The first-order valence-electron chi connectivity index (χ1n) is 5.37. The van der Waals surface area contributed by atoms with E-state index in [1.165, 1.54) is 12.8 Å². The van der Waals surface area contributed by atoms with Crippen LogP contribution < -0.4 is 11.5 Å². The summed E-state index contributed by atoms with van der Waals surface area (Å²) in [6, 6.07) is 0. The molecule has 0 spiro atoms. The van der Waals surface area contributed by atoms with E-state index < -0.39 is 5.17 Å². The molecule has 0 bridgehead atoms. The number of rotatable bonds is 5. The maximum atomic E-state index is 7.56. The molecule has 0 aromatic rings. The Kier molecular flexibility index (Phi) is 27.6. The third kappa shape index (κ3) is 64.5. The molecule has 105 valence electrons. The van der Waals surface area contributed by atoms with Crippen LogP contribution in [-0.4, -0.2) is 22.1 Å². The third-order valence-electron chi connectivity index (χ3n) is 1.22. The molecule has 0 aliphatic carbocycles. The second kappa shape index (κ2) is 21.2. The maximum Gasteiger partial charge on any atom is 0.251 e. The minimum Gasteiger partial charge on any atom is -0.487 e. The monoisotopic (exact) mass is 323 g/mol. The van der Waals surface area contributed by atoms with Crippen LogP contribution in [0.4, 0.5) is 0 Å².